The minimum Gasteiger partial charge on any atom is -0.358 e. The van der Waals surface area contributed by atoms with Gasteiger partial charge in [-0.05, 0) is 89.2 Å². The molecule has 0 spiro atoms. The molecule has 0 saturated heterocycles. The van der Waals surface area contributed by atoms with Gasteiger partial charge >= 0.3 is 25.8 Å². The van der Waals surface area contributed by atoms with Crippen molar-refractivity contribution in [3.8, 4) is 0 Å². The van der Waals surface area contributed by atoms with Crippen molar-refractivity contribution >= 4 is 6.08 Å². The first-order valence-corrected chi connectivity index (χ1v) is 13.2. The van der Waals surface area contributed by atoms with Crippen LogP contribution in [-0.2, 0) is 25.8 Å². The SMILES string of the molecule is CC(CC1CCC2c3ccccc3C=CC12)c1ccccc1.CC1C(C)C(C)C(C)C1C.[CH3-].[CH3-].[CH3-].[CH3-].[Hf+4]. The Balaban J connectivity index is 0. The third-order valence-electron chi connectivity index (χ3n) is 9.92. The molecule has 4 unspecified atom stereocenters. The van der Waals surface area contributed by atoms with E-state index >= 15 is 0 Å². The Labute approximate surface area is 251 Å². The molecule has 1 heteroatoms. The summed E-state index contributed by atoms with van der Waals surface area (Å²) in [5.41, 5.74) is 4.52. The van der Waals surface area contributed by atoms with Crippen LogP contribution < -0.4 is 0 Å². The predicted molar refractivity (Wildman–Crippen MR) is 165 cm³/mol. The molecule has 2 saturated carbocycles. The third-order valence-corrected chi connectivity index (χ3v) is 9.92. The van der Waals surface area contributed by atoms with E-state index in [4.69, 9.17) is 0 Å². The number of allylic oxidation sites excluding steroid dienone is 1. The molecule has 204 valence electrons. The van der Waals surface area contributed by atoms with E-state index in [-0.39, 0.29) is 55.5 Å². The molecule has 3 aliphatic carbocycles. The fourth-order valence-electron chi connectivity index (χ4n) is 7.02. The second kappa shape index (κ2) is 16.9. The Morgan fingerprint density at radius 1 is 0.676 bits per heavy atom. The predicted octanol–water partition coefficient (Wildman–Crippen LogP) is 11.0. The van der Waals surface area contributed by atoms with Gasteiger partial charge in [-0.3, -0.25) is 0 Å². The first-order chi connectivity index (χ1) is 15.4. The maximum atomic E-state index is 2.50. The van der Waals surface area contributed by atoms with Crippen LogP contribution in [0.25, 0.3) is 6.08 Å². The van der Waals surface area contributed by atoms with Crippen LogP contribution in [-0.4, -0.2) is 0 Å². The van der Waals surface area contributed by atoms with Gasteiger partial charge in [0.05, 0.1) is 0 Å². The quantitative estimate of drug-likeness (QED) is 0.226. The van der Waals surface area contributed by atoms with Gasteiger partial charge in [-0.2, -0.15) is 0 Å². The summed E-state index contributed by atoms with van der Waals surface area (Å²) in [7, 11) is 0. The molecule has 4 atom stereocenters. The van der Waals surface area contributed by atoms with Crippen LogP contribution >= 0.6 is 0 Å². The number of hydrogen-bond acceptors (Lipinski definition) is 0. The molecule has 0 nitrogen and oxygen atoms in total. The van der Waals surface area contributed by atoms with Gasteiger partial charge < -0.3 is 29.7 Å². The molecule has 5 rings (SSSR count). The second-order valence-corrected chi connectivity index (χ2v) is 11.4. The summed E-state index contributed by atoms with van der Waals surface area (Å²) in [6.45, 7) is 14.4. The van der Waals surface area contributed by atoms with Crippen LogP contribution in [0.1, 0.15) is 89.3 Å². The minimum absolute atomic E-state index is 0. The molecule has 2 fully saturated rings. The van der Waals surface area contributed by atoms with Gasteiger partial charge in [-0.15, -0.1) is 0 Å². The monoisotopic (exact) mass is 668 g/mol. The number of rotatable bonds is 3. The van der Waals surface area contributed by atoms with Crippen molar-refractivity contribution in [3.63, 3.8) is 0 Å². The van der Waals surface area contributed by atoms with E-state index < -0.39 is 0 Å². The van der Waals surface area contributed by atoms with Crippen molar-refractivity contribution in [2.24, 2.45) is 41.4 Å². The van der Waals surface area contributed by atoms with Crippen molar-refractivity contribution < 1.29 is 25.8 Å². The summed E-state index contributed by atoms with van der Waals surface area (Å²) in [4.78, 5) is 0. The van der Waals surface area contributed by atoms with Crippen LogP contribution in [0.4, 0.5) is 0 Å². The maximum Gasteiger partial charge on any atom is 4.00 e. The summed E-state index contributed by atoms with van der Waals surface area (Å²) in [5.74, 6) is 7.69. The summed E-state index contributed by atoms with van der Waals surface area (Å²) in [5, 5.41) is 0. The second-order valence-electron chi connectivity index (χ2n) is 11.4. The molecule has 0 radical (unpaired) electrons. The van der Waals surface area contributed by atoms with E-state index in [2.05, 4.69) is 108 Å². The van der Waals surface area contributed by atoms with E-state index in [1.807, 2.05) is 0 Å². The zero-order chi connectivity index (χ0) is 22.8. The molecule has 37 heavy (non-hydrogen) atoms. The Hall–Kier alpha value is -0.950. The van der Waals surface area contributed by atoms with E-state index in [1.165, 1.54) is 30.4 Å². The minimum atomic E-state index is 0. The zero-order valence-corrected chi connectivity index (χ0v) is 29.3. The average Bonchev–Trinajstić information content (AvgIpc) is 3.31. The van der Waals surface area contributed by atoms with Gasteiger partial charge in [0, 0.05) is 0 Å². The van der Waals surface area contributed by atoms with E-state index in [1.54, 1.807) is 5.56 Å². The van der Waals surface area contributed by atoms with E-state index in [9.17, 15) is 0 Å². The van der Waals surface area contributed by atoms with Crippen LogP contribution in [0.15, 0.2) is 60.7 Å². The summed E-state index contributed by atoms with van der Waals surface area (Å²) in [6, 6.07) is 20.0. The molecular weight excluding hydrogens is 611 g/mol. The number of hydrogen-bond donors (Lipinski definition) is 0. The molecule has 0 amide bonds. The first kappa shape index (κ1) is 38.2. The zero-order valence-electron chi connectivity index (χ0n) is 25.7. The molecule has 3 aliphatic rings. The van der Waals surface area contributed by atoms with E-state index in [0.29, 0.717) is 5.92 Å². The summed E-state index contributed by atoms with van der Waals surface area (Å²) < 4.78 is 0. The van der Waals surface area contributed by atoms with Gasteiger partial charge in [0.2, 0.25) is 0 Å². The largest absolute Gasteiger partial charge is 4.00 e. The smallest absolute Gasteiger partial charge is 0.358 e. The molecule has 0 heterocycles. The van der Waals surface area contributed by atoms with Gasteiger partial charge in [0.1, 0.15) is 0 Å². The number of benzene rings is 2. The van der Waals surface area contributed by atoms with Crippen molar-refractivity contribution in [2.45, 2.75) is 72.6 Å². The van der Waals surface area contributed by atoms with Crippen LogP contribution in [0.2, 0.25) is 0 Å². The average molecular weight is 667 g/mol. The van der Waals surface area contributed by atoms with Gasteiger partial charge in [-0.25, -0.2) is 0 Å². The van der Waals surface area contributed by atoms with Crippen LogP contribution in [0.5, 0.6) is 0 Å². The van der Waals surface area contributed by atoms with Crippen LogP contribution in [0.3, 0.4) is 0 Å². The van der Waals surface area contributed by atoms with E-state index in [0.717, 1.165) is 47.3 Å². The maximum absolute atomic E-state index is 2.50. The van der Waals surface area contributed by atoms with Crippen molar-refractivity contribution in [1.82, 2.24) is 0 Å². The van der Waals surface area contributed by atoms with Gasteiger partial charge in [0.25, 0.3) is 0 Å². The van der Waals surface area contributed by atoms with Gasteiger partial charge in [-0.1, -0.05) is 108 Å². The van der Waals surface area contributed by atoms with Crippen molar-refractivity contribution in [2.75, 3.05) is 0 Å². The molecule has 0 N–H and O–H groups in total. The molecular formula is C36H56Hf. The van der Waals surface area contributed by atoms with Crippen LogP contribution in [0, 0.1) is 71.1 Å². The summed E-state index contributed by atoms with van der Waals surface area (Å²) in [6.07, 6.45) is 8.92. The fourth-order valence-corrected chi connectivity index (χ4v) is 7.02. The Morgan fingerprint density at radius 2 is 1.16 bits per heavy atom. The van der Waals surface area contributed by atoms with Crippen molar-refractivity contribution in [1.29, 1.82) is 0 Å². The van der Waals surface area contributed by atoms with Gasteiger partial charge in [0.15, 0.2) is 0 Å². The van der Waals surface area contributed by atoms with Crippen molar-refractivity contribution in [3.05, 3.63) is 107 Å². The Bertz CT molecular complexity index is 855. The fraction of sp³-hybridized carbons (Fsp3) is 0.500. The Morgan fingerprint density at radius 3 is 1.70 bits per heavy atom. The molecule has 2 aromatic rings. The Kier molecular flexibility index (Phi) is 17.4. The molecule has 0 aliphatic heterocycles. The summed E-state index contributed by atoms with van der Waals surface area (Å²) >= 11 is 0. The first-order valence-electron chi connectivity index (χ1n) is 13.2. The molecule has 0 aromatic heterocycles. The molecule has 0 bridgehead atoms. The topological polar surface area (TPSA) is 0 Å². The standard InChI is InChI=1S/C22H24.C10H20.4CH3.Hf/c1-16(17-7-3-2-4-8-17)15-19-12-14-22-20-10-6-5-9-18(20)11-13-21(19)22;1-6-7(2)9(4)10(5)8(6)3;;;;;/h2-11,13,16,19,21-22H,12,14-15H2,1H3;6-10H,1-5H3;4*1H3;/q;;4*-1;+4. The molecule has 2 aromatic carbocycles. The third kappa shape index (κ3) is 8.27. The number of fused-ring (bicyclic) bond motifs is 3. The normalized spacial score (nSPS) is 31.2.